The van der Waals surface area contributed by atoms with Crippen molar-refractivity contribution in [2.75, 3.05) is 20.3 Å². The summed E-state index contributed by atoms with van der Waals surface area (Å²) in [5.74, 6) is -0.213. The van der Waals surface area contributed by atoms with Gasteiger partial charge in [-0.2, -0.15) is 0 Å². The van der Waals surface area contributed by atoms with Crippen LogP contribution in [0.5, 0.6) is 5.88 Å². The van der Waals surface area contributed by atoms with Crippen LogP contribution in [-0.2, 0) is 4.74 Å². The largest absolute Gasteiger partial charge is 0.476 e. The van der Waals surface area contributed by atoms with E-state index in [1.54, 1.807) is 12.1 Å². The number of nitrogens with two attached hydrogens (primary N) is 1. The Hall–Kier alpha value is -1.62. The normalized spacial score (nSPS) is 9.57. The van der Waals surface area contributed by atoms with Crippen LogP contribution in [0, 0.1) is 0 Å². The zero-order chi connectivity index (χ0) is 10.4. The van der Waals surface area contributed by atoms with E-state index in [0.717, 1.165) is 0 Å². The Morgan fingerprint density at radius 1 is 1.64 bits per heavy atom. The molecule has 76 valence electrons. The van der Waals surface area contributed by atoms with Gasteiger partial charge in [-0.3, -0.25) is 0 Å². The Morgan fingerprint density at radius 2 is 2.43 bits per heavy atom. The highest BCUT2D eigenvalue weighted by molar-refractivity contribution is 5.91. The number of carbonyl (C=O) groups excluding carboxylic acids is 1. The molecule has 2 N–H and O–H groups in total. The van der Waals surface area contributed by atoms with Gasteiger partial charge in [0.05, 0.1) is 7.11 Å². The monoisotopic (exact) mass is 196 g/mol. The lowest BCUT2D eigenvalue weighted by atomic mass is 10.3. The molecule has 1 aromatic heterocycles. The zero-order valence-corrected chi connectivity index (χ0v) is 7.90. The highest BCUT2D eigenvalue weighted by Gasteiger charge is 2.12. The van der Waals surface area contributed by atoms with Crippen molar-refractivity contribution in [3.63, 3.8) is 0 Å². The van der Waals surface area contributed by atoms with Gasteiger partial charge < -0.3 is 15.2 Å². The Morgan fingerprint density at radius 3 is 3.07 bits per heavy atom. The van der Waals surface area contributed by atoms with Crippen LogP contribution in [0.2, 0.25) is 0 Å². The lowest BCUT2D eigenvalue weighted by Gasteiger charge is -2.06. The van der Waals surface area contributed by atoms with Crippen LogP contribution in [0.15, 0.2) is 18.3 Å². The van der Waals surface area contributed by atoms with Gasteiger partial charge in [0.1, 0.15) is 12.2 Å². The molecule has 0 unspecified atom stereocenters. The quantitative estimate of drug-likeness (QED) is 0.696. The van der Waals surface area contributed by atoms with Crippen LogP contribution in [0.3, 0.4) is 0 Å². The van der Waals surface area contributed by atoms with Crippen LogP contribution in [-0.4, -0.2) is 31.2 Å². The number of hydrogen-bond acceptors (Lipinski definition) is 5. The van der Waals surface area contributed by atoms with Crippen molar-refractivity contribution in [2.45, 2.75) is 0 Å². The van der Waals surface area contributed by atoms with E-state index in [-0.39, 0.29) is 5.88 Å². The maximum Gasteiger partial charge on any atom is 0.343 e. The first-order valence-corrected chi connectivity index (χ1v) is 4.15. The van der Waals surface area contributed by atoms with E-state index in [1.807, 2.05) is 0 Å². The molecule has 0 bridgehead atoms. The second-order valence-electron chi connectivity index (χ2n) is 2.48. The molecule has 5 heteroatoms. The molecule has 0 fully saturated rings. The highest BCUT2D eigenvalue weighted by atomic mass is 16.5. The standard InChI is InChI=1S/C9H12N2O3/c1-13-9(12)7-3-2-5-11-8(7)14-6-4-10/h2-3,5H,4,6,10H2,1H3. The third kappa shape index (κ3) is 2.43. The SMILES string of the molecule is COC(=O)c1cccnc1OCCN. The number of aromatic nitrogens is 1. The number of esters is 1. The molecule has 0 amide bonds. The summed E-state index contributed by atoms with van der Waals surface area (Å²) in [6.07, 6.45) is 1.54. The van der Waals surface area contributed by atoms with Gasteiger partial charge in [-0.05, 0) is 12.1 Å². The molecule has 0 aliphatic heterocycles. The van der Waals surface area contributed by atoms with E-state index in [2.05, 4.69) is 9.72 Å². The molecular formula is C9H12N2O3. The topological polar surface area (TPSA) is 74.4 Å². The van der Waals surface area contributed by atoms with Crippen molar-refractivity contribution in [3.8, 4) is 5.88 Å². The lowest BCUT2D eigenvalue weighted by molar-refractivity contribution is 0.0595. The average Bonchev–Trinajstić information content (AvgIpc) is 2.25. The molecule has 14 heavy (non-hydrogen) atoms. The fourth-order valence-corrected chi connectivity index (χ4v) is 0.927. The van der Waals surface area contributed by atoms with Crippen molar-refractivity contribution in [3.05, 3.63) is 23.9 Å². The van der Waals surface area contributed by atoms with Crippen LogP contribution in [0.1, 0.15) is 10.4 Å². The maximum atomic E-state index is 11.2. The molecule has 0 radical (unpaired) electrons. The minimum absolute atomic E-state index is 0.254. The molecule has 1 rings (SSSR count). The van der Waals surface area contributed by atoms with Crippen LogP contribution in [0.4, 0.5) is 0 Å². The molecule has 1 heterocycles. The maximum absolute atomic E-state index is 11.2. The summed E-state index contributed by atoms with van der Waals surface area (Å²) in [5.41, 5.74) is 5.57. The summed E-state index contributed by atoms with van der Waals surface area (Å²) in [6, 6.07) is 3.23. The summed E-state index contributed by atoms with van der Waals surface area (Å²) in [4.78, 5) is 15.1. The number of methoxy groups -OCH3 is 1. The lowest BCUT2D eigenvalue weighted by Crippen LogP contribution is -2.14. The van der Waals surface area contributed by atoms with Crippen molar-refractivity contribution >= 4 is 5.97 Å². The minimum atomic E-state index is -0.467. The number of carbonyl (C=O) groups is 1. The summed E-state index contributed by atoms with van der Waals surface area (Å²) in [5, 5.41) is 0. The van der Waals surface area contributed by atoms with Gasteiger partial charge in [0, 0.05) is 12.7 Å². The Kier molecular flexibility index (Phi) is 3.87. The molecule has 1 aromatic rings. The van der Waals surface area contributed by atoms with E-state index in [1.165, 1.54) is 13.3 Å². The van der Waals surface area contributed by atoms with Crippen molar-refractivity contribution in [1.29, 1.82) is 0 Å². The number of hydrogen-bond donors (Lipinski definition) is 1. The molecule has 0 atom stereocenters. The fraction of sp³-hybridized carbons (Fsp3) is 0.333. The second kappa shape index (κ2) is 5.18. The van der Waals surface area contributed by atoms with Gasteiger partial charge >= 0.3 is 5.97 Å². The van der Waals surface area contributed by atoms with E-state index in [9.17, 15) is 4.79 Å². The van der Waals surface area contributed by atoms with E-state index < -0.39 is 5.97 Å². The Bertz CT molecular complexity index is 315. The van der Waals surface area contributed by atoms with Gasteiger partial charge in [-0.15, -0.1) is 0 Å². The second-order valence-corrected chi connectivity index (χ2v) is 2.48. The van der Waals surface area contributed by atoms with E-state index >= 15 is 0 Å². The fourth-order valence-electron chi connectivity index (χ4n) is 0.927. The van der Waals surface area contributed by atoms with Gasteiger partial charge in [-0.1, -0.05) is 0 Å². The van der Waals surface area contributed by atoms with Crippen LogP contribution in [0.25, 0.3) is 0 Å². The summed E-state index contributed by atoms with van der Waals surface area (Å²) in [6.45, 7) is 0.693. The Labute approximate surface area is 81.8 Å². The molecule has 0 saturated carbocycles. The predicted molar refractivity (Wildman–Crippen MR) is 50.1 cm³/mol. The number of rotatable bonds is 4. The molecule has 5 nitrogen and oxygen atoms in total. The third-order valence-electron chi connectivity index (χ3n) is 1.53. The third-order valence-corrected chi connectivity index (χ3v) is 1.53. The summed E-state index contributed by atoms with van der Waals surface area (Å²) in [7, 11) is 1.31. The number of pyridine rings is 1. The zero-order valence-electron chi connectivity index (χ0n) is 7.90. The molecular weight excluding hydrogens is 184 g/mol. The first-order chi connectivity index (χ1) is 6.79. The molecule has 0 aromatic carbocycles. The number of ether oxygens (including phenoxy) is 2. The van der Waals surface area contributed by atoms with Crippen molar-refractivity contribution in [2.24, 2.45) is 5.73 Å². The summed E-state index contributed by atoms with van der Waals surface area (Å²) < 4.78 is 9.74. The molecule has 0 aliphatic rings. The van der Waals surface area contributed by atoms with Gasteiger partial charge in [0.2, 0.25) is 5.88 Å². The predicted octanol–water partition coefficient (Wildman–Crippen LogP) is 0.206. The van der Waals surface area contributed by atoms with Gasteiger partial charge in [-0.25, -0.2) is 9.78 Å². The highest BCUT2D eigenvalue weighted by Crippen LogP contribution is 2.14. The molecule has 0 aliphatic carbocycles. The van der Waals surface area contributed by atoms with Crippen molar-refractivity contribution in [1.82, 2.24) is 4.98 Å². The smallest absolute Gasteiger partial charge is 0.343 e. The number of nitrogens with zero attached hydrogens (tertiary/aromatic N) is 1. The first kappa shape index (κ1) is 10.5. The minimum Gasteiger partial charge on any atom is -0.476 e. The van der Waals surface area contributed by atoms with E-state index in [4.69, 9.17) is 10.5 Å². The Balaban J connectivity index is 2.85. The van der Waals surface area contributed by atoms with Gasteiger partial charge in [0.25, 0.3) is 0 Å². The van der Waals surface area contributed by atoms with Gasteiger partial charge in [0.15, 0.2) is 0 Å². The van der Waals surface area contributed by atoms with Crippen molar-refractivity contribution < 1.29 is 14.3 Å². The molecule has 0 saturated heterocycles. The average molecular weight is 196 g/mol. The first-order valence-electron chi connectivity index (χ1n) is 4.15. The van der Waals surface area contributed by atoms with Crippen LogP contribution >= 0.6 is 0 Å². The molecule has 0 spiro atoms. The summed E-state index contributed by atoms with van der Waals surface area (Å²) >= 11 is 0. The van der Waals surface area contributed by atoms with E-state index in [0.29, 0.717) is 18.7 Å². The van der Waals surface area contributed by atoms with Crippen LogP contribution < -0.4 is 10.5 Å².